The summed E-state index contributed by atoms with van der Waals surface area (Å²) in [6.45, 7) is 0.956. The predicted octanol–water partition coefficient (Wildman–Crippen LogP) is 3.21. The van der Waals surface area contributed by atoms with Gasteiger partial charge >= 0.3 is 0 Å². The molecular formula is C19H19N3O5S2. The number of sulfonamides is 1. The van der Waals surface area contributed by atoms with E-state index in [2.05, 4.69) is 10.3 Å². The first-order valence-electron chi connectivity index (χ1n) is 9.05. The van der Waals surface area contributed by atoms with E-state index in [4.69, 9.17) is 9.15 Å². The number of hydrogen-bond acceptors (Lipinski definition) is 7. The highest BCUT2D eigenvalue weighted by Gasteiger charge is 2.27. The van der Waals surface area contributed by atoms with Crippen molar-refractivity contribution in [3.05, 3.63) is 48.0 Å². The number of ether oxygens (including phenoxy) is 1. The minimum Gasteiger partial charge on any atom is -0.455 e. The molecule has 0 radical (unpaired) electrons. The third-order valence-corrected chi connectivity index (χ3v) is 7.11. The van der Waals surface area contributed by atoms with Crippen molar-refractivity contribution in [2.24, 2.45) is 0 Å². The standard InChI is InChI=1S/C19H19N3O5S2/c23-17(12-27-18-4-3-11-26-18)21-19-20-16(13-28-19)14-5-7-15(8-6-14)29(24,25)22-9-1-2-10-22/h3-8,11,13H,1-2,9-10,12H2,(H,20,21,23). The molecule has 0 atom stereocenters. The Morgan fingerprint density at radius 1 is 1.21 bits per heavy atom. The molecule has 10 heteroatoms. The molecule has 3 aromatic rings. The minimum atomic E-state index is -3.44. The molecule has 0 aliphatic carbocycles. The summed E-state index contributed by atoms with van der Waals surface area (Å²) >= 11 is 1.28. The number of aromatic nitrogens is 1. The van der Waals surface area contributed by atoms with Crippen molar-refractivity contribution < 1.29 is 22.4 Å². The Balaban J connectivity index is 1.39. The minimum absolute atomic E-state index is 0.189. The van der Waals surface area contributed by atoms with Crippen LogP contribution in [-0.2, 0) is 14.8 Å². The summed E-state index contributed by atoms with van der Waals surface area (Å²) in [6, 6.07) is 9.92. The Morgan fingerprint density at radius 3 is 2.66 bits per heavy atom. The highest BCUT2D eigenvalue weighted by atomic mass is 32.2. The Bertz CT molecular complexity index is 1070. The van der Waals surface area contributed by atoms with E-state index in [-0.39, 0.29) is 23.4 Å². The van der Waals surface area contributed by atoms with Crippen LogP contribution < -0.4 is 10.1 Å². The number of furan rings is 1. The van der Waals surface area contributed by atoms with E-state index < -0.39 is 10.0 Å². The largest absolute Gasteiger partial charge is 0.455 e. The first-order valence-corrected chi connectivity index (χ1v) is 11.4. The molecular weight excluding hydrogens is 414 g/mol. The van der Waals surface area contributed by atoms with Gasteiger partial charge in [0.25, 0.3) is 11.9 Å². The van der Waals surface area contributed by atoms with Crippen LogP contribution in [0.15, 0.2) is 57.4 Å². The zero-order valence-electron chi connectivity index (χ0n) is 15.4. The van der Waals surface area contributed by atoms with Gasteiger partial charge in [-0.3, -0.25) is 10.1 Å². The molecule has 29 heavy (non-hydrogen) atoms. The third-order valence-electron chi connectivity index (χ3n) is 4.44. The molecule has 0 saturated carbocycles. The van der Waals surface area contributed by atoms with Crippen LogP contribution in [0.3, 0.4) is 0 Å². The smallest absolute Gasteiger partial charge is 0.284 e. The van der Waals surface area contributed by atoms with E-state index in [1.54, 1.807) is 41.8 Å². The van der Waals surface area contributed by atoms with Gasteiger partial charge in [-0.2, -0.15) is 4.31 Å². The molecule has 0 spiro atoms. The summed E-state index contributed by atoms with van der Waals surface area (Å²) in [7, 11) is -3.44. The summed E-state index contributed by atoms with van der Waals surface area (Å²) in [5, 5.41) is 4.90. The number of hydrogen-bond donors (Lipinski definition) is 1. The molecule has 4 rings (SSSR count). The number of amides is 1. The van der Waals surface area contributed by atoms with Crippen molar-refractivity contribution in [3.63, 3.8) is 0 Å². The lowest BCUT2D eigenvalue weighted by Gasteiger charge is -2.15. The van der Waals surface area contributed by atoms with Gasteiger partial charge in [-0.1, -0.05) is 12.1 Å². The van der Waals surface area contributed by atoms with Gasteiger partial charge in [-0.05, 0) is 31.0 Å². The van der Waals surface area contributed by atoms with E-state index in [0.717, 1.165) is 18.4 Å². The van der Waals surface area contributed by atoms with E-state index >= 15 is 0 Å². The Kier molecular flexibility index (Phi) is 5.65. The van der Waals surface area contributed by atoms with E-state index in [9.17, 15) is 13.2 Å². The first kappa shape index (κ1) is 19.6. The van der Waals surface area contributed by atoms with Crippen molar-refractivity contribution in [2.45, 2.75) is 17.7 Å². The zero-order valence-corrected chi connectivity index (χ0v) is 17.0. The fourth-order valence-electron chi connectivity index (χ4n) is 2.98. The van der Waals surface area contributed by atoms with Crippen LogP contribution in [0, 0.1) is 0 Å². The number of anilines is 1. The van der Waals surface area contributed by atoms with Crippen LogP contribution >= 0.6 is 11.3 Å². The summed E-state index contributed by atoms with van der Waals surface area (Å²) in [5.41, 5.74) is 1.43. The van der Waals surface area contributed by atoms with Crippen LogP contribution in [0.25, 0.3) is 11.3 Å². The molecule has 8 nitrogen and oxygen atoms in total. The highest BCUT2D eigenvalue weighted by Crippen LogP contribution is 2.27. The number of rotatable bonds is 7. The molecule has 1 saturated heterocycles. The van der Waals surface area contributed by atoms with Crippen molar-refractivity contribution >= 4 is 32.4 Å². The van der Waals surface area contributed by atoms with Crippen LogP contribution in [-0.4, -0.2) is 43.3 Å². The SMILES string of the molecule is O=C(COc1ccco1)Nc1nc(-c2ccc(S(=O)(=O)N3CCCC3)cc2)cs1. The van der Waals surface area contributed by atoms with Crippen molar-refractivity contribution in [2.75, 3.05) is 25.0 Å². The van der Waals surface area contributed by atoms with Crippen LogP contribution in [0.5, 0.6) is 5.95 Å². The van der Waals surface area contributed by atoms with Gasteiger partial charge in [0.2, 0.25) is 10.0 Å². The van der Waals surface area contributed by atoms with Gasteiger partial charge in [-0.15, -0.1) is 11.3 Å². The number of benzene rings is 1. The van der Waals surface area contributed by atoms with Gasteiger partial charge in [0.15, 0.2) is 11.7 Å². The number of nitrogens with zero attached hydrogens (tertiary/aromatic N) is 2. The van der Waals surface area contributed by atoms with Gasteiger partial charge in [0.05, 0.1) is 16.9 Å². The molecule has 0 unspecified atom stereocenters. The van der Waals surface area contributed by atoms with Crippen LogP contribution in [0.4, 0.5) is 5.13 Å². The van der Waals surface area contributed by atoms with Gasteiger partial charge in [-0.25, -0.2) is 13.4 Å². The summed E-state index contributed by atoms with van der Waals surface area (Å²) in [4.78, 5) is 16.6. The maximum atomic E-state index is 12.6. The molecule has 1 aliphatic rings. The maximum absolute atomic E-state index is 12.6. The van der Waals surface area contributed by atoms with E-state index in [0.29, 0.717) is 23.9 Å². The van der Waals surface area contributed by atoms with Crippen LogP contribution in [0.1, 0.15) is 12.8 Å². The molecule has 1 N–H and O–H groups in total. The quantitative estimate of drug-likeness (QED) is 0.614. The lowest BCUT2D eigenvalue weighted by Crippen LogP contribution is -2.27. The number of carbonyl (C=O) groups excluding carboxylic acids is 1. The second kappa shape index (κ2) is 8.36. The van der Waals surface area contributed by atoms with Gasteiger partial charge < -0.3 is 9.15 Å². The third kappa shape index (κ3) is 4.50. The predicted molar refractivity (Wildman–Crippen MR) is 108 cm³/mol. The summed E-state index contributed by atoms with van der Waals surface area (Å²) < 4.78 is 36.9. The highest BCUT2D eigenvalue weighted by molar-refractivity contribution is 7.89. The lowest BCUT2D eigenvalue weighted by molar-refractivity contribution is -0.118. The molecule has 2 aromatic heterocycles. The Hall–Kier alpha value is -2.69. The van der Waals surface area contributed by atoms with Crippen molar-refractivity contribution in [1.29, 1.82) is 0 Å². The zero-order chi connectivity index (χ0) is 20.3. The number of carbonyl (C=O) groups is 1. The molecule has 1 aromatic carbocycles. The van der Waals surface area contributed by atoms with Gasteiger partial charge in [0, 0.05) is 30.1 Å². The second-order valence-electron chi connectivity index (χ2n) is 6.44. The molecule has 3 heterocycles. The van der Waals surface area contributed by atoms with E-state index in [1.807, 2.05) is 0 Å². The Labute approximate surface area is 172 Å². The van der Waals surface area contributed by atoms with Crippen molar-refractivity contribution in [3.8, 4) is 17.2 Å². The lowest BCUT2D eigenvalue weighted by atomic mass is 10.2. The number of nitrogens with one attached hydrogen (secondary N) is 1. The maximum Gasteiger partial charge on any atom is 0.284 e. The molecule has 152 valence electrons. The fraction of sp³-hybridized carbons (Fsp3) is 0.263. The van der Waals surface area contributed by atoms with Crippen LogP contribution in [0.2, 0.25) is 0 Å². The topological polar surface area (TPSA) is 102 Å². The average Bonchev–Trinajstić information content (AvgIpc) is 3.49. The molecule has 0 bridgehead atoms. The monoisotopic (exact) mass is 433 g/mol. The van der Waals surface area contributed by atoms with Crippen molar-refractivity contribution in [1.82, 2.24) is 9.29 Å². The average molecular weight is 434 g/mol. The molecule has 1 aliphatic heterocycles. The summed E-state index contributed by atoms with van der Waals surface area (Å²) in [5.74, 6) is -0.0849. The fourth-order valence-corrected chi connectivity index (χ4v) is 5.23. The van der Waals surface area contributed by atoms with E-state index in [1.165, 1.54) is 21.9 Å². The number of thiazole rings is 1. The summed E-state index contributed by atoms with van der Waals surface area (Å²) in [6.07, 6.45) is 3.26. The molecule has 1 amide bonds. The normalized spacial score (nSPS) is 14.8. The second-order valence-corrected chi connectivity index (χ2v) is 9.24. The molecule has 1 fully saturated rings. The first-order chi connectivity index (χ1) is 14.0. The van der Waals surface area contributed by atoms with Gasteiger partial charge in [0.1, 0.15) is 0 Å². The Morgan fingerprint density at radius 2 is 1.97 bits per heavy atom.